The van der Waals surface area contributed by atoms with Crippen molar-refractivity contribution in [2.24, 2.45) is 0 Å². The van der Waals surface area contributed by atoms with E-state index in [0.717, 1.165) is 13.3 Å². The zero-order valence-corrected chi connectivity index (χ0v) is 22.6. The number of alkyl halides is 1. The SMILES string of the molecule is C[C@]1(F)[C@H](O)[C@@H](COP(=O)(O)O[C@@H]2C[C@@H](CO)O[C@H]2n2cnc3c(=O)[nH]c(N)nc32)O[C@H]1n1cnc2c(N)ncnc21. The number of rotatable bonds is 8. The summed E-state index contributed by atoms with van der Waals surface area (Å²) in [5.41, 5.74) is 8.70. The molecule has 8 N–H and O–H groups in total. The van der Waals surface area contributed by atoms with Crippen molar-refractivity contribution in [2.75, 3.05) is 24.7 Å². The Kier molecular flexibility index (Phi) is 6.97. The molecule has 1 unspecified atom stereocenters. The Hall–Kier alpha value is -3.62. The van der Waals surface area contributed by atoms with Crippen molar-refractivity contribution < 1.29 is 42.6 Å². The number of phosphoric acid groups is 1. The lowest BCUT2D eigenvalue weighted by molar-refractivity contribution is -0.0637. The molecule has 0 aliphatic carbocycles. The molecule has 0 amide bonds. The molecule has 21 heteroatoms. The van der Waals surface area contributed by atoms with Gasteiger partial charge in [-0.1, -0.05) is 0 Å². The van der Waals surface area contributed by atoms with E-state index >= 15 is 4.39 Å². The zero-order valence-electron chi connectivity index (χ0n) is 21.7. The molecule has 2 saturated heterocycles. The molecule has 2 fully saturated rings. The van der Waals surface area contributed by atoms with Crippen LogP contribution >= 0.6 is 7.82 Å². The number of H-pyrrole nitrogens is 1. The molecule has 0 radical (unpaired) electrons. The van der Waals surface area contributed by atoms with Crippen LogP contribution in [-0.4, -0.2) is 97.4 Å². The minimum Gasteiger partial charge on any atom is -0.394 e. The van der Waals surface area contributed by atoms with E-state index < -0.39 is 69.1 Å². The number of aliphatic hydroxyl groups is 2. The van der Waals surface area contributed by atoms with Crippen molar-refractivity contribution in [1.82, 2.24) is 39.0 Å². The third kappa shape index (κ3) is 4.80. The fourth-order valence-electron chi connectivity index (χ4n) is 5.06. The Balaban J connectivity index is 1.18. The van der Waals surface area contributed by atoms with E-state index in [2.05, 4.69) is 29.9 Å². The number of phosphoric ester groups is 1. The number of imidazole rings is 2. The number of aromatic nitrogens is 8. The summed E-state index contributed by atoms with van der Waals surface area (Å²) in [7, 11) is -4.92. The molecule has 6 rings (SSSR count). The van der Waals surface area contributed by atoms with Crippen molar-refractivity contribution in [2.45, 2.75) is 55.9 Å². The lowest BCUT2D eigenvalue weighted by Crippen LogP contribution is -2.40. The highest BCUT2D eigenvalue weighted by molar-refractivity contribution is 7.47. The van der Waals surface area contributed by atoms with Gasteiger partial charge in [-0.25, -0.2) is 28.9 Å². The molecule has 6 heterocycles. The smallest absolute Gasteiger partial charge is 0.394 e. The van der Waals surface area contributed by atoms with Crippen LogP contribution in [0.4, 0.5) is 16.2 Å². The van der Waals surface area contributed by atoms with Crippen LogP contribution in [0.25, 0.3) is 22.3 Å². The Bertz CT molecular complexity index is 1750. The second-order valence-electron chi connectivity index (χ2n) is 9.96. The van der Waals surface area contributed by atoms with Crippen molar-refractivity contribution in [3.8, 4) is 0 Å². The first-order valence-electron chi connectivity index (χ1n) is 12.5. The number of nitrogens with two attached hydrogens (primary N) is 2. The molecule has 42 heavy (non-hydrogen) atoms. The van der Waals surface area contributed by atoms with Crippen molar-refractivity contribution in [1.29, 1.82) is 0 Å². The van der Waals surface area contributed by atoms with Gasteiger partial charge in [0, 0.05) is 6.42 Å². The molecule has 226 valence electrons. The average molecular weight is 612 g/mol. The lowest BCUT2D eigenvalue weighted by Gasteiger charge is -2.24. The molecule has 19 nitrogen and oxygen atoms in total. The summed E-state index contributed by atoms with van der Waals surface area (Å²) in [5.74, 6) is -0.143. The number of hydrogen-bond donors (Lipinski definition) is 6. The lowest BCUT2D eigenvalue weighted by atomic mass is 9.98. The predicted octanol–water partition coefficient (Wildman–Crippen LogP) is -1.11. The van der Waals surface area contributed by atoms with E-state index in [0.29, 0.717) is 0 Å². The van der Waals surface area contributed by atoms with E-state index in [-0.39, 0.29) is 40.5 Å². The molecule has 4 aromatic rings. The van der Waals surface area contributed by atoms with E-state index in [9.17, 15) is 24.5 Å². The van der Waals surface area contributed by atoms with Crippen molar-refractivity contribution in [3.63, 3.8) is 0 Å². The van der Waals surface area contributed by atoms with E-state index in [1.54, 1.807) is 0 Å². The van der Waals surface area contributed by atoms with Gasteiger partial charge in [0.1, 0.15) is 30.2 Å². The molecule has 0 spiro atoms. The Morgan fingerprint density at radius 3 is 2.69 bits per heavy atom. The first kappa shape index (κ1) is 28.5. The highest BCUT2D eigenvalue weighted by Gasteiger charge is 2.56. The quantitative estimate of drug-likeness (QED) is 0.129. The number of nitrogens with one attached hydrogen (secondary N) is 1. The standard InChI is InChI=1S/C21H26FN10O9P/c1-21(22)13(34)10(40-19(21)32-7-27-11-14(23)25-5-26-15(11)32)4-38-42(36,37)41-9-2-8(3-33)39-18(9)31-6-28-12-16(31)29-20(24)30-17(12)35/h5-10,13,18-19,33-34H,2-4H2,1H3,(H,36,37)(H2,23,25,26)(H3,24,29,30,35)/t8-,9+,10+,13+,18+,19+,21-/m0/s1. The Morgan fingerprint density at radius 2 is 1.93 bits per heavy atom. The van der Waals surface area contributed by atoms with Gasteiger partial charge in [-0.2, -0.15) is 4.98 Å². The van der Waals surface area contributed by atoms with Crippen LogP contribution in [0.5, 0.6) is 0 Å². The summed E-state index contributed by atoms with van der Waals surface area (Å²) < 4.78 is 53.1. The molecule has 4 aromatic heterocycles. The van der Waals surface area contributed by atoms with E-state index in [1.807, 2.05) is 0 Å². The number of nitrogens with zero attached hydrogens (tertiary/aromatic N) is 7. The predicted molar refractivity (Wildman–Crippen MR) is 138 cm³/mol. The molecule has 8 atom stereocenters. The molecular formula is C21H26FN10O9P. The summed E-state index contributed by atoms with van der Waals surface area (Å²) in [5, 5.41) is 20.3. The summed E-state index contributed by atoms with van der Waals surface area (Å²) in [6.07, 6.45) is -4.30. The fourth-order valence-corrected chi connectivity index (χ4v) is 5.99. The van der Waals surface area contributed by atoms with Gasteiger partial charge >= 0.3 is 7.82 Å². The summed E-state index contributed by atoms with van der Waals surface area (Å²) in [6, 6.07) is 0. The van der Waals surface area contributed by atoms with Gasteiger partial charge in [-0.05, 0) is 6.92 Å². The van der Waals surface area contributed by atoms with Crippen LogP contribution in [0, 0.1) is 0 Å². The largest absolute Gasteiger partial charge is 0.472 e. The van der Waals surface area contributed by atoms with Gasteiger partial charge in [-0.3, -0.25) is 28.0 Å². The van der Waals surface area contributed by atoms with Crippen LogP contribution in [0.1, 0.15) is 25.8 Å². The van der Waals surface area contributed by atoms with Crippen LogP contribution in [0.3, 0.4) is 0 Å². The topological polar surface area (TPSA) is 274 Å². The first-order chi connectivity index (χ1) is 19.9. The zero-order chi connectivity index (χ0) is 30.0. The number of aliphatic hydroxyl groups excluding tert-OH is 2. The second kappa shape index (κ2) is 10.3. The normalized spacial score (nSPS) is 31.3. The summed E-state index contributed by atoms with van der Waals surface area (Å²) in [6.45, 7) is -0.115. The third-order valence-electron chi connectivity index (χ3n) is 7.10. The van der Waals surface area contributed by atoms with E-state index in [4.69, 9.17) is 30.0 Å². The van der Waals surface area contributed by atoms with Crippen molar-refractivity contribution >= 4 is 41.9 Å². The maximum absolute atomic E-state index is 15.7. The number of nitrogen functional groups attached to an aromatic ring is 2. The fraction of sp³-hybridized carbons (Fsp3) is 0.524. The summed E-state index contributed by atoms with van der Waals surface area (Å²) in [4.78, 5) is 45.0. The summed E-state index contributed by atoms with van der Waals surface area (Å²) >= 11 is 0. The van der Waals surface area contributed by atoms with Crippen LogP contribution in [0.2, 0.25) is 0 Å². The van der Waals surface area contributed by atoms with Gasteiger partial charge in [0.15, 0.2) is 40.8 Å². The van der Waals surface area contributed by atoms with Gasteiger partial charge in [-0.15, -0.1) is 0 Å². The van der Waals surface area contributed by atoms with Gasteiger partial charge in [0.2, 0.25) is 5.95 Å². The number of hydrogen-bond acceptors (Lipinski definition) is 15. The molecule has 0 saturated carbocycles. The first-order valence-corrected chi connectivity index (χ1v) is 14.0. The van der Waals surface area contributed by atoms with Crippen LogP contribution < -0.4 is 17.0 Å². The Labute approximate surface area is 233 Å². The average Bonchev–Trinajstić information content (AvgIpc) is 3.68. The monoisotopic (exact) mass is 612 g/mol. The molecular weight excluding hydrogens is 586 g/mol. The van der Waals surface area contributed by atoms with Gasteiger partial charge < -0.3 is 36.0 Å². The van der Waals surface area contributed by atoms with Crippen LogP contribution in [0.15, 0.2) is 23.8 Å². The number of aromatic amines is 1. The number of anilines is 2. The number of ether oxygens (including phenoxy) is 2. The van der Waals surface area contributed by atoms with Gasteiger partial charge in [0.05, 0.1) is 32.0 Å². The number of halogens is 1. The highest BCUT2D eigenvalue weighted by Crippen LogP contribution is 2.51. The molecule has 2 aliphatic heterocycles. The second-order valence-corrected chi connectivity index (χ2v) is 11.4. The minimum absolute atomic E-state index is 0.0111. The van der Waals surface area contributed by atoms with Gasteiger partial charge in [0.25, 0.3) is 5.56 Å². The minimum atomic E-state index is -4.92. The maximum atomic E-state index is 15.7. The Morgan fingerprint density at radius 1 is 1.19 bits per heavy atom. The molecule has 2 aliphatic rings. The van der Waals surface area contributed by atoms with Crippen molar-refractivity contribution in [3.05, 3.63) is 29.3 Å². The van der Waals surface area contributed by atoms with E-state index in [1.165, 1.54) is 21.8 Å². The molecule has 0 bridgehead atoms. The van der Waals surface area contributed by atoms with Crippen LogP contribution in [-0.2, 0) is 23.1 Å². The highest BCUT2D eigenvalue weighted by atomic mass is 31.2. The third-order valence-corrected chi connectivity index (χ3v) is 8.11. The number of fused-ring (bicyclic) bond motifs is 2. The molecule has 0 aromatic carbocycles. The maximum Gasteiger partial charge on any atom is 0.472 e.